The molecule has 0 bridgehead atoms. The average Bonchev–Trinajstić information content (AvgIpc) is 3.20. The summed E-state index contributed by atoms with van der Waals surface area (Å²) in [6.07, 6.45) is 0.656. The molecule has 0 aromatic rings. The minimum atomic E-state index is -1.17. The van der Waals surface area contributed by atoms with E-state index in [0.29, 0.717) is 13.0 Å². The topological polar surface area (TPSA) is 172 Å². The number of hydrogen-bond acceptors (Lipinski definition) is 8. The molecule has 1 aliphatic carbocycles. The minimum absolute atomic E-state index is 0.0290. The molecule has 1 saturated heterocycles. The Labute approximate surface area is 273 Å². The van der Waals surface area contributed by atoms with Crippen LogP contribution in [0.25, 0.3) is 0 Å². The van der Waals surface area contributed by atoms with Crippen molar-refractivity contribution in [1.29, 1.82) is 0 Å². The van der Waals surface area contributed by atoms with E-state index in [0.717, 1.165) is 0 Å². The molecule has 2 aliphatic rings. The molecular formula is C33H55N5O8. The van der Waals surface area contributed by atoms with Gasteiger partial charge in [0.2, 0.25) is 17.6 Å². The van der Waals surface area contributed by atoms with Crippen LogP contribution in [0.2, 0.25) is 0 Å². The van der Waals surface area contributed by atoms with Gasteiger partial charge in [0.15, 0.2) is 0 Å². The molecule has 0 radical (unpaired) electrons. The van der Waals surface area contributed by atoms with Crippen molar-refractivity contribution in [2.24, 2.45) is 22.7 Å². The maximum Gasteiger partial charge on any atom is 0.408 e. The number of fused-ring (bicyclic) bond motifs is 1. The van der Waals surface area contributed by atoms with Gasteiger partial charge in [0.1, 0.15) is 23.3 Å². The molecule has 260 valence electrons. The first-order chi connectivity index (χ1) is 20.9. The predicted molar refractivity (Wildman–Crippen MR) is 172 cm³/mol. The Morgan fingerprint density at radius 2 is 1.41 bits per heavy atom. The number of carbonyl (C=O) groups excluding carboxylic acids is 6. The molecular weight excluding hydrogens is 594 g/mol. The van der Waals surface area contributed by atoms with Gasteiger partial charge in [-0.1, -0.05) is 40.7 Å². The van der Waals surface area contributed by atoms with Crippen LogP contribution in [0.3, 0.4) is 0 Å². The van der Waals surface area contributed by atoms with Gasteiger partial charge in [-0.3, -0.25) is 19.2 Å². The second-order valence-electron chi connectivity index (χ2n) is 15.8. The molecule has 2 rings (SSSR count). The molecule has 1 aliphatic heterocycles. The molecule has 1 saturated carbocycles. The number of amides is 5. The normalized spacial score (nSPS) is 21.5. The van der Waals surface area contributed by atoms with Crippen LogP contribution in [0, 0.1) is 22.7 Å². The molecule has 0 aromatic heterocycles. The number of hydrogen-bond donors (Lipinski definition) is 4. The Morgan fingerprint density at radius 3 is 1.93 bits per heavy atom. The summed E-state index contributed by atoms with van der Waals surface area (Å²) >= 11 is 0. The number of allylic oxidation sites excluding steroid dienone is 1. The average molecular weight is 650 g/mol. The van der Waals surface area contributed by atoms with Crippen molar-refractivity contribution in [2.75, 3.05) is 19.6 Å². The zero-order chi connectivity index (χ0) is 35.4. The SMILES string of the molecule is C=CCCC(NC(=O)[C@@H]1[C@@H]2[C@H](CN1C(=O)[C@@H](NC(=O)OC(C)(C)C)C(C)(C)C)C2(C)C)C(=O)C(=O)NCCNC(=O)OC(C)(C)C. The summed E-state index contributed by atoms with van der Waals surface area (Å²) in [5.41, 5.74) is -2.38. The smallest absolute Gasteiger partial charge is 0.408 e. The van der Waals surface area contributed by atoms with Crippen LogP contribution >= 0.6 is 0 Å². The number of nitrogens with one attached hydrogen (secondary N) is 4. The lowest BCUT2D eigenvalue weighted by Gasteiger charge is -2.38. The summed E-state index contributed by atoms with van der Waals surface area (Å²) in [4.78, 5) is 80.0. The van der Waals surface area contributed by atoms with Crippen LogP contribution in [0.4, 0.5) is 9.59 Å². The zero-order valence-corrected chi connectivity index (χ0v) is 29.4. The summed E-state index contributed by atoms with van der Waals surface area (Å²) in [6, 6.07) is -3.06. The van der Waals surface area contributed by atoms with E-state index in [9.17, 15) is 28.8 Å². The number of Topliss-reactive ketones (excluding diaryl/α,β-unsaturated/α-hetero) is 1. The van der Waals surface area contributed by atoms with Crippen molar-refractivity contribution in [2.45, 2.75) is 118 Å². The number of likely N-dealkylation sites (tertiary alicyclic amines) is 1. The van der Waals surface area contributed by atoms with Gasteiger partial charge >= 0.3 is 12.2 Å². The third-order valence-electron chi connectivity index (χ3n) is 8.13. The first-order valence-electron chi connectivity index (χ1n) is 15.9. The van der Waals surface area contributed by atoms with Crippen molar-refractivity contribution in [1.82, 2.24) is 26.2 Å². The molecule has 0 spiro atoms. The van der Waals surface area contributed by atoms with Crippen LogP contribution in [-0.2, 0) is 28.7 Å². The number of ether oxygens (including phenoxy) is 2. The number of alkyl carbamates (subject to hydrolysis) is 2. The fourth-order valence-electron chi connectivity index (χ4n) is 5.76. The zero-order valence-electron chi connectivity index (χ0n) is 29.4. The number of piperidine rings is 1. The minimum Gasteiger partial charge on any atom is -0.444 e. The summed E-state index contributed by atoms with van der Waals surface area (Å²) in [5, 5.41) is 10.4. The molecule has 46 heavy (non-hydrogen) atoms. The van der Waals surface area contributed by atoms with Crippen LogP contribution in [0.15, 0.2) is 12.7 Å². The highest BCUT2D eigenvalue weighted by Gasteiger charge is 2.70. The second-order valence-corrected chi connectivity index (χ2v) is 15.8. The fourth-order valence-corrected chi connectivity index (χ4v) is 5.76. The number of carbonyl (C=O) groups is 6. The highest BCUT2D eigenvalue weighted by molar-refractivity contribution is 6.38. The molecule has 13 heteroatoms. The lowest BCUT2D eigenvalue weighted by atomic mass is 9.85. The molecule has 0 aromatic carbocycles. The number of rotatable bonds is 12. The third-order valence-corrected chi connectivity index (χ3v) is 8.13. The van der Waals surface area contributed by atoms with Crippen molar-refractivity contribution in [3.8, 4) is 0 Å². The summed E-state index contributed by atoms with van der Waals surface area (Å²) in [5.74, 6) is -2.85. The molecule has 13 nitrogen and oxygen atoms in total. The van der Waals surface area contributed by atoms with Crippen molar-refractivity contribution in [3.05, 3.63) is 12.7 Å². The van der Waals surface area contributed by atoms with Crippen LogP contribution < -0.4 is 21.3 Å². The molecule has 5 amide bonds. The Morgan fingerprint density at radius 1 is 0.870 bits per heavy atom. The van der Waals surface area contributed by atoms with Crippen LogP contribution in [0.1, 0.15) is 89.0 Å². The molecule has 1 unspecified atom stereocenters. The summed E-state index contributed by atoms with van der Waals surface area (Å²) in [7, 11) is 0. The van der Waals surface area contributed by atoms with E-state index in [1.165, 1.54) is 4.90 Å². The van der Waals surface area contributed by atoms with Gasteiger partial charge in [-0.2, -0.15) is 0 Å². The molecule has 5 atom stereocenters. The predicted octanol–water partition coefficient (Wildman–Crippen LogP) is 3.07. The van der Waals surface area contributed by atoms with E-state index in [1.807, 2.05) is 34.6 Å². The third kappa shape index (κ3) is 10.4. The Hall–Kier alpha value is -3.64. The van der Waals surface area contributed by atoms with Gasteiger partial charge in [-0.05, 0) is 77.0 Å². The fraction of sp³-hybridized carbons (Fsp3) is 0.758. The van der Waals surface area contributed by atoms with Gasteiger partial charge in [0.05, 0.1) is 6.04 Å². The quantitative estimate of drug-likeness (QED) is 0.142. The number of nitrogens with zero attached hydrogens (tertiary/aromatic N) is 1. The van der Waals surface area contributed by atoms with E-state index in [-0.39, 0.29) is 36.8 Å². The monoisotopic (exact) mass is 649 g/mol. The van der Waals surface area contributed by atoms with E-state index in [4.69, 9.17) is 9.47 Å². The second kappa shape index (κ2) is 14.4. The van der Waals surface area contributed by atoms with Gasteiger partial charge in [-0.15, -0.1) is 6.58 Å². The van der Waals surface area contributed by atoms with Gasteiger partial charge in [-0.25, -0.2) is 9.59 Å². The standard InChI is InChI=1S/C33H55N5O8/c1-13-14-15-20(23(39)26(41)34-16-17-35-28(43)45-31(5,6)7)36-25(40)22-21-19(33(21,11)12)18-38(22)27(42)24(30(2,3)4)37-29(44)46-32(8,9)10/h13,19-22,24H,1,14-18H2,2-12H3,(H,34,41)(H,35,43)(H,36,40)(H,37,44)/t19-,20?,21-,22-,24+/m0/s1. The van der Waals surface area contributed by atoms with Crippen molar-refractivity contribution < 1.29 is 38.2 Å². The Kier molecular flexibility index (Phi) is 12.1. The number of ketones is 1. The highest BCUT2D eigenvalue weighted by atomic mass is 16.6. The van der Waals surface area contributed by atoms with Crippen LogP contribution in [0.5, 0.6) is 0 Å². The summed E-state index contributed by atoms with van der Waals surface area (Å²) < 4.78 is 10.6. The van der Waals surface area contributed by atoms with Gasteiger partial charge < -0.3 is 35.6 Å². The van der Waals surface area contributed by atoms with Crippen molar-refractivity contribution in [3.63, 3.8) is 0 Å². The Bertz CT molecular complexity index is 1190. The van der Waals surface area contributed by atoms with Crippen molar-refractivity contribution >= 4 is 35.7 Å². The molecule has 1 heterocycles. The van der Waals surface area contributed by atoms with E-state index in [2.05, 4.69) is 27.8 Å². The maximum atomic E-state index is 14.0. The Balaban J connectivity index is 2.19. The van der Waals surface area contributed by atoms with Crippen LogP contribution in [-0.4, -0.2) is 89.6 Å². The van der Waals surface area contributed by atoms with Gasteiger partial charge in [0, 0.05) is 19.6 Å². The van der Waals surface area contributed by atoms with E-state index >= 15 is 0 Å². The molecule has 4 N–H and O–H groups in total. The summed E-state index contributed by atoms with van der Waals surface area (Å²) in [6.45, 7) is 23.8. The highest BCUT2D eigenvalue weighted by Crippen LogP contribution is 2.65. The van der Waals surface area contributed by atoms with E-state index in [1.54, 1.807) is 47.6 Å². The first kappa shape index (κ1) is 38.5. The lowest BCUT2D eigenvalue weighted by molar-refractivity contribution is -0.145. The van der Waals surface area contributed by atoms with E-state index < -0.39 is 70.4 Å². The first-order valence-corrected chi connectivity index (χ1v) is 15.9. The molecule has 2 fully saturated rings. The largest absolute Gasteiger partial charge is 0.444 e. The maximum absolute atomic E-state index is 14.0. The van der Waals surface area contributed by atoms with Gasteiger partial charge in [0.25, 0.3) is 5.91 Å². The lowest BCUT2D eigenvalue weighted by Crippen LogP contribution is -2.60.